The van der Waals surface area contributed by atoms with E-state index in [-0.39, 0.29) is 5.91 Å². The second-order valence-electron chi connectivity index (χ2n) is 4.85. The summed E-state index contributed by atoms with van der Waals surface area (Å²) < 4.78 is 2.06. The van der Waals surface area contributed by atoms with Gasteiger partial charge in [0, 0.05) is 12.1 Å². The maximum absolute atomic E-state index is 11.6. The van der Waals surface area contributed by atoms with E-state index in [1.807, 2.05) is 31.5 Å². The lowest BCUT2D eigenvalue weighted by atomic mass is 10.2. The summed E-state index contributed by atoms with van der Waals surface area (Å²) in [5, 5.41) is 2.85. The average molecular weight is 269 g/mol. The molecule has 0 fully saturated rings. The van der Waals surface area contributed by atoms with Crippen molar-refractivity contribution in [2.75, 3.05) is 0 Å². The smallest absolute Gasteiger partial charge is 0.246 e. The topological polar surface area (TPSA) is 46.9 Å². The van der Waals surface area contributed by atoms with Gasteiger partial charge in [0.05, 0.1) is 24.3 Å². The molecular weight excluding hydrogens is 250 g/mol. The number of aryl methyl sites for hydroxylation is 1. The Balaban J connectivity index is 2.11. The van der Waals surface area contributed by atoms with Gasteiger partial charge in [0.2, 0.25) is 5.91 Å². The first-order chi connectivity index (χ1) is 9.58. The highest BCUT2D eigenvalue weighted by molar-refractivity contribution is 5.91. The third-order valence-electron chi connectivity index (χ3n) is 3.15. The Bertz CT molecular complexity index is 614. The van der Waals surface area contributed by atoms with Crippen LogP contribution in [0.5, 0.6) is 0 Å². The molecule has 0 atom stereocenters. The minimum absolute atomic E-state index is 0.128. The van der Waals surface area contributed by atoms with Gasteiger partial charge in [0.1, 0.15) is 0 Å². The zero-order valence-electron chi connectivity index (χ0n) is 11.9. The summed E-state index contributed by atoms with van der Waals surface area (Å²) in [6, 6.07) is 10.2. The molecule has 104 valence electrons. The van der Waals surface area contributed by atoms with E-state index < -0.39 is 0 Å². The number of nitrogens with zero attached hydrogens (tertiary/aromatic N) is 2. The second kappa shape index (κ2) is 6.19. The molecule has 4 heteroatoms. The van der Waals surface area contributed by atoms with E-state index in [4.69, 9.17) is 0 Å². The Kier molecular flexibility index (Phi) is 4.35. The summed E-state index contributed by atoms with van der Waals surface area (Å²) >= 11 is 0. The molecule has 0 unspecified atom stereocenters. The number of nitrogens with one attached hydrogen (secondary N) is 1. The SMILES string of the molecule is C=C(C)C(=O)NCc1c(C)ncn1Cc1ccccc1. The van der Waals surface area contributed by atoms with Crippen molar-refractivity contribution in [1.29, 1.82) is 0 Å². The minimum atomic E-state index is -0.128. The summed E-state index contributed by atoms with van der Waals surface area (Å²) in [5.74, 6) is -0.128. The predicted octanol–water partition coefficient (Wildman–Crippen LogP) is 2.43. The molecule has 2 rings (SSSR count). The van der Waals surface area contributed by atoms with Gasteiger partial charge >= 0.3 is 0 Å². The van der Waals surface area contributed by atoms with Gasteiger partial charge in [0.25, 0.3) is 0 Å². The van der Waals surface area contributed by atoms with Crippen LogP contribution in [0.25, 0.3) is 0 Å². The summed E-state index contributed by atoms with van der Waals surface area (Å²) in [6.07, 6.45) is 1.81. The first kappa shape index (κ1) is 14.1. The molecule has 0 bridgehead atoms. The molecule has 4 nitrogen and oxygen atoms in total. The van der Waals surface area contributed by atoms with Gasteiger partial charge in [-0.15, -0.1) is 0 Å². The quantitative estimate of drug-likeness (QED) is 0.847. The lowest BCUT2D eigenvalue weighted by molar-refractivity contribution is -0.117. The third kappa shape index (κ3) is 3.35. The van der Waals surface area contributed by atoms with Crippen LogP contribution in [0.1, 0.15) is 23.9 Å². The summed E-state index contributed by atoms with van der Waals surface area (Å²) in [4.78, 5) is 15.9. The summed E-state index contributed by atoms with van der Waals surface area (Å²) in [5.41, 5.74) is 3.67. The average Bonchev–Trinajstić information content (AvgIpc) is 2.78. The monoisotopic (exact) mass is 269 g/mol. The van der Waals surface area contributed by atoms with Crippen LogP contribution in [0.2, 0.25) is 0 Å². The number of carbonyl (C=O) groups is 1. The van der Waals surface area contributed by atoms with E-state index in [2.05, 4.69) is 33.6 Å². The molecule has 0 spiro atoms. The molecule has 1 heterocycles. The molecule has 0 aliphatic rings. The third-order valence-corrected chi connectivity index (χ3v) is 3.15. The summed E-state index contributed by atoms with van der Waals surface area (Å²) in [7, 11) is 0. The lowest BCUT2D eigenvalue weighted by Gasteiger charge is -2.10. The van der Waals surface area contributed by atoms with Crippen molar-refractivity contribution in [3.8, 4) is 0 Å². The zero-order chi connectivity index (χ0) is 14.5. The zero-order valence-corrected chi connectivity index (χ0v) is 11.9. The fourth-order valence-electron chi connectivity index (χ4n) is 1.97. The maximum Gasteiger partial charge on any atom is 0.246 e. The van der Waals surface area contributed by atoms with E-state index in [1.165, 1.54) is 5.56 Å². The highest BCUT2D eigenvalue weighted by Gasteiger charge is 2.09. The van der Waals surface area contributed by atoms with E-state index in [0.717, 1.165) is 17.9 Å². The van der Waals surface area contributed by atoms with Gasteiger partial charge in [-0.25, -0.2) is 4.98 Å². The van der Waals surface area contributed by atoms with Crippen LogP contribution < -0.4 is 5.32 Å². The molecule has 0 aliphatic carbocycles. The van der Waals surface area contributed by atoms with E-state index in [1.54, 1.807) is 6.92 Å². The highest BCUT2D eigenvalue weighted by atomic mass is 16.1. The highest BCUT2D eigenvalue weighted by Crippen LogP contribution is 2.10. The van der Waals surface area contributed by atoms with Gasteiger partial charge in [-0.2, -0.15) is 0 Å². The number of benzene rings is 1. The number of hydrogen-bond donors (Lipinski definition) is 1. The lowest BCUT2D eigenvalue weighted by Crippen LogP contribution is -2.25. The van der Waals surface area contributed by atoms with Crippen LogP contribution in [0.4, 0.5) is 0 Å². The normalized spacial score (nSPS) is 10.3. The number of amides is 1. The molecule has 0 aliphatic heterocycles. The van der Waals surface area contributed by atoms with E-state index in [0.29, 0.717) is 12.1 Å². The molecule has 1 aromatic heterocycles. The van der Waals surface area contributed by atoms with Crippen molar-refractivity contribution < 1.29 is 4.79 Å². The predicted molar refractivity (Wildman–Crippen MR) is 79.2 cm³/mol. The molecule has 1 amide bonds. The Labute approximate surface area is 119 Å². The van der Waals surface area contributed by atoms with Gasteiger partial charge in [0.15, 0.2) is 0 Å². The van der Waals surface area contributed by atoms with Crippen molar-refractivity contribution >= 4 is 5.91 Å². The van der Waals surface area contributed by atoms with Crippen molar-refractivity contribution in [2.45, 2.75) is 26.9 Å². The van der Waals surface area contributed by atoms with Crippen LogP contribution in [0.3, 0.4) is 0 Å². The Morgan fingerprint density at radius 1 is 1.35 bits per heavy atom. The number of aromatic nitrogens is 2. The van der Waals surface area contributed by atoms with Crippen LogP contribution in [-0.4, -0.2) is 15.5 Å². The second-order valence-corrected chi connectivity index (χ2v) is 4.85. The van der Waals surface area contributed by atoms with Gasteiger partial charge in [-0.1, -0.05) is 36.9 Å². The van der Waals surface area contributed by atoms with Crippen molar-refractivity contribution in [1.82, 2.24) is 14.9 Å². The Hall–Kier alpha value is -2.36. The first-order valence-electron chi connectivity index (χ1n) is 6.56. The first-order valence-corrected chi connectivity index (χ1v) is 6.56. The molecule has 1 aromatic carbocycles. The fourth-order valence-corrected chi connectivity index (χ4v) is 1.97. The van der Waals surface area contributed by atoms with Crippen LogP contribution in [0, 0.1) is 6.92 Å². The number of hydrogen-bond acceptors (Lipinski definition) is 2. The number of imidazole rings is 1. The standard InChI is InChI=1S/C16H19N3O/c1-12(2)16(20)17-9-15-13(3)18-11-19(15)10-14-7-5-4-6-8-14/h4-8,11H,1,9-10H2,2-3H3,(H,17,20). The largest absolute Gasteiger partial charge is 0.347 e. The molecule has 0 radical (unpaired) electrons. The molecule has 0 saturated carbocycles. The molecule has 20 heavy (non-hydrogen) atoms. The number of carbonyl (C=O) groups excluding carboxylic acids is 1. The minimum Gasteiger partial charge on any atom is -0.347 e. The van der Waals surface area contributed by atoms with E-state index in [9.17, 15) is 4.79 Å². The van der Waals surface area contributed by atoms with Crippen molar-refractivity contribution in [3.05, 3.63) is 65.8 Å². The van der Waals surface area contributed by atoms with Crippen LogP contribution in [-0.2, 0) is 17.9 Å². The molecular formula is C16H19N3O. The molecule has 1 N–H and O–H groups in total. The van der Waals surface area contributed by atoms with Gasteiger partial charge < -0.3 is 9.88 Å². The van der Waals surface area contributed by atoms with Gasteiger partial charge in [-0.3, -0.25) is 4.79 Å². The molecule has 0 saturated heterocycles. The van der Waals surface area contributed by atoms with E-state index >= 15 is 0 Å². The maximum atomic E-state index is 11.6. The van der Waals surface area contributed by atoms with Crippen LogP contribution in [0.15, 0.2) is 48.8 Å². The van der Waals surface area contributed by atoms with Crippen molar-refractivity contribution in [3.63, 3.8) is 0 Å². The Morgan fingerprint density at radius 3 is 2.70 bits per heavy atom. The number of rotatable bonds is 5. The Morgan fingerprint density at radius 2 is 2.05 bits per heavy atom. The van der Waals surface area contributed by atoms with Gasteiger partial charge in [-0.05, 0) is 19.4 Å². The summed E-state index contributed by atoms with van der Waals surface area (Å²) in [6.45, 7) is 8.49. The van der Waals surface area contributed by atoms with Crippen molar-refractivity contribution in [2.24, 2.45) is 0 Å². The molecule has 2 aromatic rings. The van der Waals surface area contributed by atoms with Crippen LogP contribution >= 0.6 is 0 Å². The fraction of sp³-hybridized carbons (Fsp3) is 0.250.